The zero-order valence-corrected chi connectivity index (χ0v) is 11.5. The minimum absolute atomic E-state index is 0.421. The van der Waals surface area contributed by atoms with Crippen molar-refractivity contribution in [1.82, 2.24) is 5.32 Å². The van der Waals surface area contributed by atoms with Crippen molar-refractivity contribution in [2.24, 2.45) is 11.8 Å². The number of hydrogen-bond donors (Lipinski definition) is 1. The second kappa shape index (κ2) is 6.69. The number of nitrogens with one attached hydrogen (secondary N) is 1. The quantitative estimate of drug-likeness (QED) is 0.842. The summed E-state index contributed by atoms with van der Waals surface area (Å²) in [5, 5.41) is 3.15. The van der Waals surface area contributed by atoms with E-state index in [1.165, 1.54) is 12.1 Å². The van der Waals surface area contributed by atoms with E-state index in [9.17, 15) is 8.78 Å². The molecule has 0 radical (unpaired) electrons. The minimum Gasteiger partial charge on any atom is -0.372 e. The first kappa shape index (κ1) is 14.9. The van der Waals surface area contributed by atoms with Crippen molar-refractivity contribution >= 4 is 5.69 Å². The fourth-order valence-electron chi connectivity index (χ4n) is 2.01. The van der Waals surface area contributed by atoms with Crippen LogP contribution in [0, 0.1) is 23.5 Å². The number of benzene rings is 1. The molecule has 1 aromatic carbocycles. The van der Waals surface area contributed by atoms with E-state index in [1.807, 2.05) is 19.0 Å². The van der Waals surface area contributed by atoms with Crippen LogP contribution in [0.25, 0.3) is 0 Å². The van der Waals surface area contributed by atoms with Crippen molar-refractivity contribution in [3.05, 3.63) is 29.8 Å². The summed E-state index contributed by atoms with van der Waals surface area (Å²) in [4.78, 5) is 1.84. The molecule has 1 atom stereocenters. The predicted octanol–water partition coefficient (Wildman–Crippen LogP) is 2.89. The molecule has 1 unspecified atom stereocenters. The molecule has 0 aromatic heterocycles. The van der Waals surface area contributed by atoms with Crippen molar-refractivity contribution in [3.63, 3.8) is 0 Å². The Morgan fingerprint density at radius 2 is 1.94 bits per heavy atom. The monoisotopic (exact) mass is 256 g/mol. The maximum absolute atomic E-state index is 13.6. The molecular weight excluding hydrogens is 234 g/mol. The smallest absolute Gasteiger partial charge is 0.149 e. The van der Waals surface area contributed by atoms with Crippen LogP contribution < -0.4 is 10.2 Å². The molecule has 4 heteroatoms. The average Bonchev–Trinajstić information content (AvgIpc) is 2.27. The highest BCUT2D eigenvalue weighted by Gasteiger charge is 2.17. The van der Waals surface area contributed by atoms with Crippen molar-refractivity contribution in [3.8, 4) is 0 Å². The summed E-state index contributed by atoms with van der Waals surface area (Å²) in [6, 6.07) is 3.70. The van der Waals surface area contributed by atoms with Crippen LogP contribution in [0.15, 0.2) is 18.2 Å². The molecular formula is C14H22F2N2. The first-order chi connectivity index (χ1) is 8.45. The third kappa shape index (κ3) is 3.95. The molecule has 1 aromatic rings. The van der Waals surface area contributed by atoms with Gasteiger partial charge in [-0.15, -0.1) is 0 Å². The normalized spacial score (nSPS) is 12.8. The Hall–Kier alpha value is -1.16. The van der Waals surface area contributed by atoms with Gasteiger partial charge >= 0.3 is 0 Å². The van der Waals surface area contributed by atoms with Gasteiger partial charge in [0.25, 0.3) is 0 Å². The Labute approximate surface area is 108 Å². The highest BCUT2D eigenvalue weighted by Crippen LogP contribution is 2.21. The second-order valence-corrected chi connectivity index (χ2v) is 5.04. The maximum Gasteiger partial charge on any atom is 0.149 e. The summed E-state index contributed by atoms with van der Waals surface area (Å²) >= 11 is 0. The number of anilines is 1. The third-order valence-electron chi connectivity index (χ3n) is 3.24. The number of hydrogen-bond acceptors (Lipinski definition) is 2. The summed E-state index contributed by atoms with van der Waals surface area (Å²) in [7, 11) is 3.75. The van der Waals surface area contributed by atoms with Gasteiger partial charge in [0.15, 0.2) is 0 Å². The third-order valence-corrected chi connectivity index (χ3v) is 3.24. The molecule has 1 N–H and O–H groups in total. The Morgan fingerprint density at radius 3 is 2.44 bits per heavy atom. The molecule has 2 nitrogen and oxygen atoms in total. The molecule has 0 amide bonds. The Kier molecular flexibility index (Phi) is 5.54. The molecule has 0 spiro atoms. The number of rotatable bonds is 6. The van der Waals surface area contributed by atoms with Crippen molar-refractivity contribution in [1.29, 1.82) is 0 Å². The Balaban J connectivity index is 2.76. The lowest BCUT2D eigenvalue weighted by atomic mass is 9.95. The fourth-order valence-corrected chi connectivity index (χ4v) is 2.01. The standard InChI is InChI=1S/C14H22F2N2/c1-10(2)11(8-17-3)9-18(4)14-6-5-12(15)7-13(14)16/h5-7,10-11,17H,8-9H2,1-4H3. The zero-order valence-electron chi connectivity index (χ0n) is 11.5. The molecule has 102 valence electrons. The van der Waals surface area contributed by atoms with Crippen LogP contribution in [-0.2, 0) is 0 Å². The topological polar surface area (TPSA) is 15.3 Å². The minimum atomic E-state index is -0.541. The van der Waals surface area contributed by atoms with E-state index in [0.717, 1.165) is 19.2 Å². The van der Waals surface area contributed by atoms with Gasteiger partial charge in [0.2, 0.25) is 0 Å². The lowest BCUT2D eigenvalue weighted by Crippen LogP contribution is -2.34. The molecule has 18 heavy (non-hydrogen) atoms. The zero-order chi connectivity index (χ0) is 13.7. The van der Waals surface area contributed by atoms with Gasteiger partial charge in [-0.1, -0.05) is 13.8 Å². The van der Waals surface area contributed by atoms with E-state index in [0.29, 0.717) is 17.5 Å². The maximum atomic E-state index is 13.6. The summed E-state index contributed by atoms with van der Waals surface area (Å²) in [5.41, 5.74) is 0.443. The highest BCUT2D eigenvalue weighted by molar-refractivity contribution is 5.47. The van der Waals surface area contributed by atoms with Crippen LogP contribution in [0.1, 0.15) is 13.8 Å². The first-order valence-electron chi connectivity index (χ1n) is 6.26. The molecule has 0 heterocycles. The Morgan fingerprint density at radius 1 is 1.28 bits per heavy atom. The molecule has 0 aliphatic heterocycles. The summed E-state index contributed by atoms with van der Waals surface area (Å²) < 4.78 is 26.5. The molecule has 0 saturated heterocycles. The molecule has 0 aliphatic carbocycles. The first-order valence-corrected chi connectivity index (χ1v) is 6.26. The van der Waals surface area contributed by atoms with Crippen LogP contribution >= 0.6 is 0 Å². The molecule has 0 bridgehead atoms. The highest BCUT2D eigenvalue weighted by atomic mass is 19.1. The SMILES string of the molecule is CNCC(CN(C)c1ccc(F)cc1F)C(C)C. The van der Waals surface area contributed by atoms with Crippen LogP contribution in [-0.4, -0.2) is 27.2 Å². The second-order valence-electron chi connectivity index (χ2n) is 5.04. The van der Waals surface area contributed by atoms with Gasteiger partial charge in [0.05, 0.1) is 5.69 Å². The Bertz CT molecular complexity index is 380. The number of nitrogens with zero attached hydrogens (tertiary/aromatic N) is 1. The van der Waals surface area contributed by atoms with Crippen molar-refractivity contribution in [2.75, 3.05) is 32.1 Å². The largest absolute Gasteiger partial charge is 0.372 e. The van der Waals surface area contributed by atoms with E-state index in [1.54, 1.807) is 0 Å². The fraction of sp³-hybridized carbons (Fsp3) is 0.571. The van der Waals surface area contributed by atoms with E-state index in [4.69, 9.17) is 0 Å². The van der Waals surface area contributed by atoms with E-state index in [-0.39, 0.29) is 0 Å². The van der Waals surface area contributed by atoms with E-state index in [2.05, 4.69) is 19.2 Å². The van der Waals surface area contributed by atoms with Crippen LogP contribution in [0.2, 0.25) is 0 Å². The van der Waals surface area contributed by atoms with Crippen LogP contribution in [0.3, 0.4) is 0 Å². The molecule has 0 aliphatic rings. The van der Waals surface area contributed by atoms with Gasteiger partial charge in [-0.05, 0) is 37.6 Å². The number of halogens is 2. The summed E-state index contributed by atoms with van der Waals surface area (Å²) in [6.07, 6.45) is 0. The van der Waals surface area contributed by atoms with Crippen LogP contribution in [0.4, 0.5) is 14.5 Å². The van der Waals surface area contributed by atoms with Crippen LogP contribution in [0.5, 0.6) is 0 Å². The molecule has 1 rings (SSSR count). The lowest BCUT2D eigenvalue weighted by Gasteiger charge is -2.28. The van der Waals surface area contributed by atoms with E-state index < -0.39 is 11.6 Å². The van der Waals surface area contributed by atoms with Gasteiger partial charge in [-0.25, -0.2) is 8.78 Å². The summed E-state index contributed by atoms with van der Waals surface area (Å²) in [6.45, 7) is 5.92. The predicted molar refractivity (Wildman–Crippen MR) is 71.9 cm³/mol. The molecule has 0 fully saturated rings. The summed E-state index contributed by atoms with van der Waals surface area (Å²) in [5.74, 6) is -0.127. The van der Waals surface area contributed by atoms with Gasteiger partial charge < -0.3 is 10.2 Å². The van der Waals surface area contributed by atoms with Gasteiger partial charge in [-0.3, -0.25) is 0 Å². The van der Waals surface area contributed by atoms with E-state index >= 15 is 0 Å². The van der Waals surface area contributed by atoms with Crippen molar-refractivity contribution < 1.29 is 8.78 Å². The lowest BCUT2D eigenvalue weighted by molar-refractivity contribution is 0.375. The van der Waals surface area contributed by atoms with Gasteiger partial charge in [0.1, 0.15) is 11.6 Å². The van der Waals surface area contributed by atoms with Gasteiger partial charge in [-0.2, -0.15) is 0 Å². The molecule has 0 saturated carbocycles. The average molecular weight is 256 g/mol. The van der Waals surface area contributed by atoms with Crippen molar-refractivity contribution in [2.45, 2.75) is 13.8 Å². The van der Waals surface area contributed by atoms with Gasteiger partial charge in [0, 0.05) is 19.7 Å².